The monoisotopic (exact) mass is 396 g/mol. The minimum atomic E-state index is -0.369. The van der Waals surface area contributed by atoms with Crippen molar-refractivity contribution in [3.05, 3.63) is 71.3 Å². The summed E-state index contributed by atoms with van der Waals surface area (Å²) < 4.78 is 24.1. The molecule has 3 rings (SSSR count). The van der Waals surface area contributed by atoms with Gasteiger partial charge in [-0.1, -0.05) is 18.2 Å². The summed E-state index contributed by atoms with van der Waals surface area (Å²) in [4.78, 5) is 21.1. The molecule has 0 saturated heterocycles. The number of rotatable bonds is 7. The predicted molar refractivity (Wildman–Crippen MR) is 108 cm³/mol. The highest BCUT2D eigenvalue weighted by Gasteiger charge is 2.15. The van der Waals surface area contributed by atoms with Crippen LogP contribution in [-0.4, -0.2) is 30.1 Å². The maximum absolute atomic E-state index is 13.7. The van der Waals surface area contributed by atoms with E-state index in [0.717, 1.165) is 0 Å². The third-order valence-electron chi connectivity index (χ3n) is 4.28. The van der Waals surface area contributed by atoms with E-state index >= 15 is 0 Å². The van der Waals surface area contributed by atoms with Gasteiger partial charge in [0.15, 0.2) is 0 Å². The van der Waals surface area contributed by atoms with Crippen LogP contribution in [0.2, 0.25) is 0 Å². The Morgan fingerprint density at radius 3 is 2.62 bits per heavy atom. The molecule has 8 heteroatoms. The van der Waals surface area contributed by atoms with Crippen LogP contribution in [0.5, 0.6) is 11.5 Å². The number of anilines is 2. The van der Waals surface area contributed by atoms with E-state index in [1.807, 2.05) is 0 Å². The molecule has 0 atom stereocenters. The second kappa shape index (κ2) is 9.01. The Kier molecular flexibility index (Phi) is 6.23. The first-order chi connectivity index (χ1) is 14.0. The summed E-state index contributed by atoms with van der Waals surface area (Å²) in [5, 5.41) is 5.75. The lowest BCUT2D eigenvalue weighted by molar-refractivity contribution is 0.102. The van der Waals surface area contributed by atoms with Crippen LogP contribution in [0.1, 0.15) is 21.6 Å². The largest absolute Gasteiger partial charge is 0.497 e. The van der Waals surface area contributed by atoms with Crippen LogP contribution in [0.4, 0.5) is 16.0 Å². The van der Waals surface area contributed by atoms with Gasteiger partial charge in [0.2, 0.25) is 5.95 Å². The van der Waals surface area contributed by atoms with Crippen LogP contribution in [0.3, 0.4) is 0 Å². The van der Waals surface area contributed by atoms with Crippen LogP contribution in [0.15, 0.2) is 48.7 Å². The number of nitrogens with zero attached hydrogens (tertiary/aromatic N) is 2. The molecular formula is C21H21FN4O3. The van der Waals surface area contributed by atoms with Gasteiger partial charge in [0, 0.05) is 24.4 Å². The third kappa shape index (κ3) is 4.78. The standard InChI is InChI=1S/C21H21FN4O3/c1-13-16(20(27)26-18-9-8-15(28-2)10-19(18)29-3)12-24-21(25-13)23-11-14-6-4-5-7-17(14)22/h4-10,12H,11H2,1-3H3,(H,26,27)(H,23,24,25). The van der Waals surface area contributed by atoms with E-state index in [-0.39, 0.29) is 18.3 Å². The molecule has 2 N–H and O–H groups in total. The van der Waals surface area contributed by atoms with Gasteiger partial charge in [-0.25, -0.2) is 14.4 Å². The topological polar surface area (TPSA) is 85.4 Å². The Hall–Kier alpha value is -3.68. The highest BCUT2D eigenvalue weighted by molar-refractivity contribution is 6.05. The van der Waals surface area contributed by atoms with Crippen molar-refractivity contribution in [3.63, 3.8) is 0 Å². The number of ether oxygens (including phenoxy) is 2. The molecular weight excluding hydrogens is 375 g/mol. The second-order valence-electron chi connectivity index (χ2n) is 6.16. The number of amides is 1. The molecule has 7 nitrogen and oxygen atoms in total. The van der Waals surface area contributed by atoms with Crippen molar-refractivity contribution in [2.24, 2.45) is 0 Å². The van der Waals surface area contributed by atoms with Crippen molar-refractivity contribution in [2.45, 2.75) is 13.5 Å². The number of methoxy groups -OCH3 is 2. The van der Waals surface area contributed by atoms with Gasteiger partial charge in [-0.2, -0.15) is 0 Å². The predicted octanol–water partition coefficient (Wildman–Crippen LogP) is 3.81. The Labute approximate surface area is 167 Å². The van der Waals surface area contributed by atoms with Gasteiger partial charge in [-0.05, 0) is 25.1 Å². The molecule has 1 amide bonds. The summed E-state index contributed by atoms with van der Waals surface area (Å²) in [5.41, 5.74) is 1.81. The highest BCUT2D eigenvalue weighted by Crippen LogP contribution is 2.29. The van der Waals surface area contributed by atoms with Crippen LogP contribution in [-0.2, 0) is 6.54 Å². The number of aryl methyl sites for hydroxylation is 1. The molecule has 1 aromatic heterocycles. The van der Waals surface area contributed by atoms with E-state index in [9.17, 15) is 9.18 Å². The van der Waals surface area contributed by atoms with E-state index in [1.165, 1.54) is 19.4 Å². The SMILES string of the molecule is COc1ccc(NC(=O)c2cnc(NCc3ccccc3F)nc2C)c(OC)c1. The fraction of sp³-hybridized carbons (Fsp3) is 0.190. The van der Waals surface area contributed by atoms with E-state index in [0.29, 0.717) is 40.0 Å². The fourth-order valence-electron chi connectivity index (χ4n) is 2.68. The minimum absolute atomic E-state index is 0.237. The van der Waals surface area contributed by atoms with Crippen LogP contribution >= 0.6 is 0 Å². The molecule has 0 aliphatic carbocycles. The molecule has 0 saturated carbocycles. The molecule has 29 heavy (non-hydrogen) atoms. The molecule has 3 aromatic rings. The van der Waals surface area contributed by atoms with E-state index in [2.05, 4.69) is 20.6 Å². The van der Waals surface area contributed by atoms with Gasteiger partial charge in [0.1, 0.15) is 17.3 Å². The summed E-state index contributed by atoms with van der Waals surface area (Å²) in [6.07, 6.45) is 1.43. The van der Waals surface area contributed by atoms with Gasteiger partial charge < -0.3 is 20.1 Å². The van der Waals surface area contributed by atoms with Crippen molar-refractivity contribution in [1.29, 1.82) is 0 Å². The number of nitrogens with one attached hydrogen (secondary N) is 2. The first-order valence-corrected chi connectivity index (χ1v) is 8.86. The summed E-state index contributed by atoms with van der Waals surface area (Å²) in [7, 11) is 3.06. The maximum Gasteiger partial charge on any atom is 0.259 e. The van der Waals surface area contributed by atoms with E-state index < -0.39 is 0 Å². The minimum Gasteiger partial charge on any atom is -0.497 e. The number of benzene rings is 2. The molecule has 0 aliphatic heterocycles. The zero-order chi connectivity index (χ0) is 20.8. The number of hydrogen-bond acceptors (Lipinski definition) is 6. The van der Waals surface area contributed by atoms with Crippen molar-refractivity contribution < 1.29 is 18.7 Å². The summed E-state index contributed by atoms with van der Waals surface area (Å²) in [5.74, 6) is 0.723. The fourth-order valence-corrected chi connectivity index (χ4v) is 2.68. The lowest BCUT2D eigenvalue weighted by Crippen LogP contribution is -2.16. The molecule has 150 valence electrons. The quantitative estimate of drug-likeness (QED) is 0.632. The number of aromatic nitrogens is 2. The normalized spacial score (nSPS) is 10.3. The Morgan fingerprint density at radius 2 is 1.93 bits per heavy atom. The number of carbonyl (C=O) groups excluding carboxylic acids is 1. The first kappa shape index (κ1) is 20.1. The number of hydrogen-bond donors (Lipinski definition) is 2. The van der Waals surface area contributed by atoms with Gasteiger partial charge in [-0.15, -0.1) is 0 Å². The van der Waals surface area contributed by atoms with Gasteiger partial charge in [0.25, 0.3) is 5.91 Å². The van der Waals surface area contributed by atoms with Crippen molar-refractivity contribution in [3.8, 4) is 11.5 Å². The lowest BCUT2D eigenvalue weighted by Gasteiger charge is -2.13. The molecule has 0 radical (unpaired) electrons. The highest BCUT2D eigenvalue weighted by atomic mass is 19.1. The van der Waals surface area contributed by atoms with Crippen molar-refractivity contribution in [2.75, 3.05) is 24.9 Å². The molecule has 0 spiro atoms. The zero-order valence-corrected chi connectivity index (χ0v) is 16.3. The smallest absolute Gasteiger partial charge is 0.259 e. The Bertz CT molecular complexity index is 1030. The molecule has 2 aromatic carbocycles. The molecule has 0 aliphatic rings. The van der Waals surface area contributed by atoms with Crippen molar-refractivity contribution in [1.82, 2.24) is 9.97 Å². The first-order valence-electron chi connectivity index (χ1n) is 8.86. The average Bonchev–Trinajstić information content (AvgIpc) is 2.73. The van der Waals surface area contributed by atoms with Gasteiger partial charge in [-0.3, -0.25) is 4.79 Å². The Morgan fingerprint density at radius 1 is 1.14 bits per heavy atom. The summed E-state index contributed by atoms with van der Waals surface area (Å²) in [6, 6.07) is 11.5. The molecule has 1 heterocycles. The van der Waals surface area contributed by atoms with Crippen LogP contribution in [0, 0.1) is 12.7 Å². The molecule has 0 unspecified atom stereocenters. The van der Waals surface area contributed by atoms with Gasteiger partial charge >= 0.3 is 0 Å². The lowest BCUT2D eigenvalue weighted by atomic mass is 10.2. The number of carbonyl (C=O) groups is 1. The maximum atomic E-state index is 13.7. The third-order valence-corrected chi connectivity index (χ3v) is 4.28. The van der Waals surface area contributed by atoms with E-state index in [4.69, 9.17) is 9.47 Å². The van der Waals surface area contributed by atoms with Crippen molar-refractivity contribution >= 4 is 17.5 Å². The number of halogens is 1. The van der Waals surface area contributed by atoms with Crippen LogP contribution < -0.4 is 20.1 Å². The zero-order valence-electron chi connectivity index (χ0n) is 16.3. The summed E-state index contributed by atoms with van der Waals surface area (Å²) >= 11 is 0. The Balaban J connectivity index is 1.71. The molecule has 0 bridgehead atoms. The average molecular weight is 396 g/mol. The molecule has 0 fully saturated rings. The van der Waals surface area contributed by atoms with E-state index in [1.54, 1.807) is 50.4 Å². The summed E-state index contributed by atoms with van der Waals surface area (Å²) in [6.45, 7) is 1.94. The van der Waals surface area contributed by atoms with Gasteiger partial charge in [0.05, 0.1) is 31.2 Å². The second-order valence-corrected chi connectivity index (χ2v) is 6.16. The van der Waals surface area contributed by atoms with Crippen LogP contribution in [0.25, 0.3) is 0 Å².